The van der Waals surface area contributed by atoms with E-state index in [9.17, 15) is 0 Å². The van der Waals surface area contributed by atoms with Crippen molar-refractivity contribution in [2.75, 3.05) is 18.0 Å². The van der Waals surface area contributed by atoms with Crippen molar-refractivity contribution in [3.8, 4) is 0 Å². The van der Waals surface area contributed by atoms with Crippen LogP contribution in [0.4, 0.5) is 5.69 Å². The average Bonchev–Trinajstić information content (AvgIpc) is 2.30. The number of halogens is 2. The lowest BCUT2D eigenvalue weighted by atomic mass is 10.1. The van der Waals surface area contributed by atoms with Crippen LogP contribution >= 0.6 is 27.5 Å². The second kappa shape index (κ2) is 5.22. The molecule has 0 saturated carbocycles. The highest BCUT2D eigenvalue weighted by molar-refractivity contribution is 9.08. The largest absolute Gasteiger partial charge is 0.371 e. The Morgan fingerprint density at radius 2 is 1.93 bits per heavy atom. The molecule has 0 aliphatic carbocycles. The molecule has 1 heterocycles. The normalized spacial score (nSPS) is 16.8. The van der Waals surface area contributed by atoms with Gasteiger partial charge in [0.15, 0.2) is 0 Å². The standard InChI is InChI=1S/C12H15BrClN/c13-9-10-8-11(14)4-5-12(10)15-6-2-1-3-7-15/h4-5,8H,1-3,6-7,9H2. The molecule has 3 heteroatoms. The van der Waals surface area contributed by atoms with Gasteiger partial charge in [-0.25, -0.2) is 0 Å². The van der Waals surface area contributed by atoms with E-state index in [1.165, 1.54) is 43.6 Å². The molecular weight excluding hydrogens is 273 g/mol. The van der Waals surface area contributed by atoms with Gasteiger partial charge in [0.1, 0.15) is 0 Å². The molecule has 0 atom stereocenters. The first kappa shape index (κ1) is 11.3. The highest BCUT2D eigenvalue weighted by Crippen LogP contribution is 2.28. The Morgan fingerprint density at radius 1 is 1.20 bits per heavy atom. The molecule has 1 nitrogen and oxygen atoms in total. The zero-order valence-corrected chi connectivity index (χ0v) is 11.0. The minimum absolute atomic E-state index is 0.824. The molecule has 82 valence electrons. The summed E-state index contributed by atoms with van der Waals surface area (Å²) in [6.45, 7) is 2.36. The summed E-state index contributed by atoms with van der Waals surface area (Å²) in [5.74, 6) is 0. The lowest BCUT2D eigenvalue weighted by Crippen LogP contribution is -2.30. The molecule has 1 aliphatic heterocycles. The molecule has 0 bridgehead atoms. The van der Waals surface area contributed by atoms with E-state index in [0.717, 1.165) is 10.4 Å². The van der Waals surface area contributed by atoms with Crippen molar-refractivity contribution in [2.24, 2.45) is 0 Å². The molecular formula is C12H15BrClN. The van der Waals surface area contributed by atoms with Crippen LogP contribution in [0.1, 0.15) is 24.8 Å². The fourth-order valence-electron chi connectivity index (χ4n) is 2.10. The molecule has 1 saturated heterocycles. The first-order chi connectivity index (χ1) is 7.31. The number of alkyl halides is 1. The van der Waals surface area contributed by atoms with E-state index < -0.39 is 0 Å². The van der Waals surface area contributed by atoms with Gasteiger partial charge in [-0.2, -0.15) is 0 Å². The Kier molecular flexibility index (Phi) is 3.92. The maximum absolute atomic E-state index is 6.00. The number of hydrogen-bond acceptors (Lipinski definition) is 1. The Labute approximate surface area is 105 Å². The van der Waals surface area contributed by atoms with Crippen molar-refractivity contribution in [3.05, 3.63) is 28.8 Å². The summed E-state index contributed by atoms with van der Waals surface area (Å²) in [6, 6.07) is 6.18. The Bertz CT molecular complexity index is 334. The lowest BCUT2D eigenvalue weighted by Gasteiger charge is -2.30. The van der Waals surface area contributed by atoms with E-state index in [1.54, 1.807) is 0 Å². The van der Waals surface area contributed by atoms with E-state index in [-0.39, 0.29) is 0 Å². The van der Waals surface area contributed by atoms with Crippen LogP contribution in [0.15, 0.2) is 18.2 Å². The number of piperidine rings is 1. The van der Waals surface area contributed by atoms with Crippen molar-refractivity contribution in [1.29, 1.82) is 0 Å². The van der Waals surface area contributed by atoms with Crippen molar-refractivity contribution in [3.63, 3.8) is 0 Å². The molecule has 1 fully saturated rings. The van der Waals surface area contributed by atoms with Crippen LogP contribution in [0.2, 0.25) is 5.02 Å². The van der Waals surface area contributed by atoms with Crippen molar-refractivity contribution in [2.45, 2.75) is 24.6 Å². The molecule has 1 aromatic rings. The smallest absolute Gasteiger partial charge is 0.0410 e. The number of rotatable bonds is 2. The van der Waals surface area contributed by atoms with E-state index in [4.69, 9.17) is 11.6 Å². The molecule has 2 rings (SSSR count). The zero-order valence-electron chi connectivity index (χ0n) is 8.68. The molecule has 0 radical (unpaired) electrons. The molecule has 0 unspecified atom stereocenters. The Balaban J connectivity index is 2.25. The number of benzene rings is 1. The topological polar surface area (TPSA) is 3.24 Å². The Hall–Kier alpha value is -0.210. The van der Waals surface area contributed by atoms with Gasteiger partial charge in [0.25, 0.3) is 0 Å². The van der Waals surface area contributed by atoms with E-state index >= 15 is 0 Å². The van der Waals surface area contributed by atoms with Gasteiger partial charge < -0.3 is 4.90 Å². The van der Waals surface area contributed by atoms with Gasteiger partial charge in [0, 0.05) is 29.1 Å². The lowest BCUT2D eigenvalue weighted by molar-refractivity contribution is 0.577. The monoisotopic (exact) mass is 287 g/mol. The fourth-order valence-corrected chi connectivity index (χ4v) is 2.75. The number of nitrogens with zero attached hydrogens (tertiary/aromatic N) is 1. The molecule has 1 aromatic carbocycles. The van der Waals surface area contributed by atoms with Crippen LogP contribution in [0.25, 0.3) is 0 Å². The average molecular weight is 289 g/mol. The predicted octanol–water partition coefficient (Wildman–Crippen LogP) is 4.23. The van der Waals surface area contributed by atoms with Gasteiger partial charge in [-0.1, -0.05) is 27.5 Å². The van der Waals surface area contributed by atoms with Crippen LogP contribution in [0.5, 0.6) is 0 Å². The van der Waals surface area contributed by atoms with E-state index in [2.05, 4.69) is 33.0 Å². The van der Waals surface area contributed by atoms with Crippen LogP contribution < -0.4 is 4.90 Å². The number of anilines is 1. The summed E-state index contributed by atoms with van der Waals surface area (Å²) < 4.78 is 0. The third-order valence-corrected chi connectivity index (χ3v) is 3.72. The van der Waals surface area contributed by atoms with Crippen LogP contribution in [0.3, 0.4) is 0 Å². The van der Waals surface area contributed by atoms with Crippen LogP contribution in [-0.2, 0) is 5.33 Å². The highest BCUT2D eigenvalue weighted by atomic mass is 79.9. The summed E-state index contributed by atoms with van der Waals surface area (Å²) in [5.41, 5.74) is 2.64. The van der Waals surface area contributed by atoms with Crippen LogP contribution in [0, 0.1) is 0 Å². The van der Waals surface area contributed by atoms with Gasteiger partial charge in [0.2, 0.25) is 0 Å². The van der Waals surface area contributed by atoms with E-state index in [1.807, 2.05) is 6.07 Å². The van der Waals surface area contributed by atoms with Gasteiger partial charge in [-0.3, -0.25) is 0 Å². The van der Waals surface area contributed by atoms with Gasteiger partial charge in [-0.05, 0) is 43.0 Å². The number of hydrogen-bond donors (Lipinski definition) is 0. The fraction of sp³-hybridized carbons (Fsp3) is 0.500. The maximum atomic E-state index is 6.00. The summed E-state index contributed by atoms with van der Waals surface area (Å²) in [7, 11) is 0. The summed E-state index contributed by atoms with van der Waals surface area (Å²) in [6.07, 6.45) is 3.99. The van der Waals surface area contributed by atoms with Crippen LogP contribution in [-0.4, -0.2) is 13.1 Å². The first-order valence-corrected chi connectivity index (χ1v) is 6.90. The molecule has 1 aliphatic rings. The minimum Gasteiger partial charge on any atom is -0.371 e. The van der Waals surface area contributed by atoms with Gasteiger partial charge >= 0.3 is 0 Å². The van der Waals surface area contributed by atoms with Crippen molar-refractivity contribution in [1.82, 2.24) is 0 Å². The highest BCUT2D eigenvalue weighted by Gasteiger charge is 2.13. The van der Waals surface area contributed by atoms with Gasteiger partial charge in [0.05, 0.1) is 0 Å². The maximum Gasteiger partial charge on any atom is 0.0410 e. The third-order valence-electron chi connectivity index (χ3n) is 2.88. The SMILES string of the molecule is Clc1ccc(N2CCCCC2)c(CBr)c1. The molecule has 15 heavy (non-hydrogen) atoms. The quantitative estimate of drug-likeness (QED) is 0.736. The van der Waals surface area contributed by atoms with Crippen molar-refractivity contribution >= 4 is 33.2 Å². The van der Waals surface area contributed by atoms with Crippen molar-refractivity contribution < 1.29 is 0 Å². The minimum atomic E-state index is 0.824. The Morgan fingerprint density at radius 3 is 2.60 bits per heavy atom. The first-order valence-electron chi connectivity index (χ1n) is 5.40. The molecule has 0 aromatic heterocycles. The zero-order chi connectivity index (χ0) is 10.7. The summed E-state index contributed by atoms with van der Waals surface area (Å²) >= 11 is 9.52. The predicted molar refractivity (Wildman–Crippen MR) is 70.1 cm³/mol. The molecule has 0 amide bonds. The van der Waals surface area contributed by atoms with E-state index in [0.29, 0.717) is 0 Å². The third kappa shape index (κ3) is 2.67. The van der Waals surface area contributed by atoms with Gasteiger partial charge in [-0.15, -0.1) is 0 Å². The second-order valence-electron chi connectivity index (χ2n) is 3.95. The molecule has 0 N–H and O–H groups in total. The summed E-state index contributed by atoms with van der Waals surface area (Å²) in [5, 5.41) is 1.70. The second-order valence-corrected chi connectivity index (χ2v) is 4.95. The molecule has 0 spiro atoms. The summed E-state index contributed by atoms with van der Waals surface area (Å²) in [4.78, 5) is 2.47.